The van der Waals surface area contributed by atoms with Gasteiger partial charge in [0.2, 0.25) is 10.0 Å². The number of halogens is 1. The Kier molecular flexibility index (Phi) is 4.19. The predicted octanol–water partition coefficient (Wildman–Crippen LogP) is 1.84. The molecule has 1 heterocycles. The molecule has 2 N–H and O–H groups in total. The van der Waals surface area contributed by atoms with Crippen molar-refractivity contribution in [3.63, 3.8) is 0 Å². The number of hydrogen-bond acceptors (Lipinski definition) is 4. The highest BCUT2D eigenvalue weighted by molar-refractivity contribution is 7.89. The summed E-state index contributed by atoms with van der Waals surface area (Å²) in [6, 6.07) is 2.21. The summed E-state index contributed by atoms with van der Waals surface area (Å²) in [5.74, 6) is -0.528. The topological polar surface area (TPSA) is 72.6 Å². The van der Waals surface area contributed by atoms with Gasteiger partial charge in [0.05, 0.1) is 17.7 Å². The number of hydrogen-bond donors (Lipinski definition) is 1. The Hall–Kier alpha value is -1.34. The molecule has 0 saturated carbocycles. The minimum atomic E-state index is -3.69. The summed E-state index contributed by atoms with van der Waals surface area (Å²) in [7, 11) is -2.41. The van der Waals surface area contributed by atoms with Crippen LogP contribution in [0.15, 0.2) is 17.0 Å². The minimum absolute atomic E-state index is 0.0164. The fourth-order valence-electron chi connectivity index (χ4n) is 2.45. The van der Waals surface area contributed by atoms with E-state index in [0.717, 1.165) is 18.9 Å². The first-order chi connectivity index (χ1) is 9.40. The van der Waals surface area contributed by atoms with Crippen LogP contribution >= 0.6 is 0 Å². The second-order valence-electron chi connectivity index (χ2n) is 4.95. The van der Waals surface area contributed by atoms with Gasteiger partial charge in [-0.3, -0.25) is 0 Å². The Balaban J connectivity index is 2.36. The van der Waals surface area contributed by atoms with Crippen LogP contribution in [0.3, 0.4) is 0 Å². The van der Waals surface area contributed by atoms with E-state index in [4.69, 9.17) is 10.5 Å². The number of sulfonamides is 1. The van der Waals surface area contributed by atoms with Gasteiger partial charge >= 0.3 is 0 Å². The van der Waals surface area contributed by atoms with Gasteiger partial charge in [-0.1, -0.05) is 13.3 Å². The molecule has 5 nitrogen and oxygen atoms in total. The van der Waals surface area contributed by atoms with E-state index in [1.165, 1.54) is 17.5 Å². The first-order valence-corrected chi connectivity index (χ1v) is 7.97. The normalized spacial score (nSPS) is 20.2. The van der Waals surface area contributed by atoms with Crippen molar-refractivity contribution >= 4 is 15.7 Å². The second kappa shape index (κ2) is 5.57. The second-order valence-corrected chi connectivity index (χ2v) is 6.89. The van der Waals surface area contributed by atoms with Crippen molar-refractivity contribution in [2.75, 3.05) is 25.9 Å². The van der Waals surface area contributed by atoms with Crippen molar-refractivity contribution in [1.29, 1.82) is 0 Å². The average Bonchev–Trinajstić information content (AvgIpc) is 2.87. The van der Waals surface area contributed by atoms with Crippen molar-refractivity contribution in [3.05, 3.63) is 17.9 Å². The maximum atomic E-state index is 13.8. The van der Waals surface area contributed by atoms with Crippen molar-refractivity contribution < 1.29 is 17.5 Å². The molecule has 1 aromatic rings. The molecule has 0 spiro atoms. The highest BCUT2D eigenvalue weighted by atomic mass is 32.2. The number of rotatable bonds is 4. The van der Waals surface area contributed by atoms with Crippen LogP contribution in [-0.2, 0) is 10.0 Å². The third-order valence-electron chi connectivity index (χ3n) is 3.71. The molecule has 1 atom stereocenters. The van der Waals surface area contributed by atoms with Crippen LogP contribution in [0, 0.1) is 11.7 Å². The zero-order valence-electron chi connectivity index (χ0n) is 11.6. The van der Waals surface area contributed by atoms with Crippen molar-refractivity contribution in [3.8, 4) is 5.75 Å². The summed E-state index contributed by atoms with van der Waals surface area (Å²) in [6.07, 6.45) is 1.77. The minimum Gasteiger partial charge on any atom is -0.492 e. The summed E-state index contributed by atoms with van der Waals surface area (Å²) in [5, 5.41) is 0. The largest absolute Gasteiger partial charge is 0.492 e. The van der Waals surface area contributed by atoms with Gasteiger partial charge in [0.15, 0.2) is 11.6 Å². The van der Waals surface area contributed by atoms with Crippen molar-refractivity contribution in [2.45, 2.75) is 24.7 Å². The SMILES string of the molecule is CCC1CCN(S(=O)(=O)c2cc(N)c(OC)c(F)c2)C1. The molecule has 112 valence electrons. The molecular weight excluding hydrogens is 283 g/mol. The summed E-state index contributed by atoms with van der Waals surface area (Å²) in [4.78, 5) is -0.120. The fourth-order valence-corrected chi connectivity index (χ4v) is 4.03. The van der Waals surface area contributed by atoms with Gasteiger partial charge in [-0.15, -0.1) is 0 Å². The number of benzene rings is 1. The zero-order valence-corrected chi connectivity index (χ0v) is 12.4. The number of ether oxygens (including phenoxy) is 1. The molecule has 0 radical (unpaired) electrons. The molecule has 2 rings (SSSR count). The van der Waals surface area contributed by atoms with E-state index in [2.05, 4.69) is 0 Å². The molecule has 1 fully saturated rings. The number of methoxy groups -OCH3 is 1. The number of nitrogen functional groups attached to an aromatic ring is 1. The molecule has 7 heteroatoms. The lowest BCUT2D eigenvalue weighted by molar-refractivity contribution is 0.387. The summed E-state index contributed by atoms with van der Waals surface area (Å²) >= 11 is 0. The van der Waals surface area contributed by atoms with Crippen molar-refractivity contribution in [1.82, 2.24) is 4.31 Å². The lowest BCUT2D eigenvalue weighted by atomic mass is 10.1. The van der Waals surface area contributed by atoms with E-state index in [-0.39, 0.29) is 16.3 Å². The molecule has 0 bridgehead atoms. The zero-order chi connectivity index (χ0) is 14.9. The van der Waals surface area contributed by atoms with Crippen LogP contribution in [0.1, 0.15) is 19.8 Å². The number of nitrogens with two attached hydrogens (primary N) is 1. The molecule has 1 aromatic carbocycles. The van der Waals surface area contributed by atoms with E-state index >= 15 is 0 Å². The van der Waals surface area contributed by atoms with Gasteiger partial charge in [0, 0.05) is 13.1 Å². The van der Waals surface area contributed by atoms with Gasteiger partial charge in [0.25, 0.3) is 0 Å². The van der Waals surface area contributed by atoms with E-state index in [9.17, 15) is 12.8 Å². The van der Waals surface area contributed by atoms with Crippen LogP contribution in [0.25, 0.3) is 0 Å². The average molecular weight is 302 g/mol. The molecule has 0 amide bonds. The monoisotopic (exact) mass is 302 g/mol. The first-order valence-electron chi connectivity index (χ1n) is 6.53. The first kappa shape index (κ1) is 15.1. The van der Waals surface area contributed by atoms with Gasteiger partial charge < -0.3 is 10.5 Å². The Morgan fingerprint density at radius 1 is 1.50 bits per heavy atom. The Morgan fingerprint density at radius 2 is 2.20 bits per heavy atom. The highest BCUT2D eigenvalue weighted by Gasteiger charge is 2.32. The Morgan fingerprint density at radius 3 is 2.70 bits per heavy atom. The van der Waals surface area contributed by atoms with Crippen LogP contribution < -0.4 is 10.5 Å². The molecular formula is C13H19FN2O3S. The third-order valence-corrected chi connectivity index (χ3v) is 5.56. The maximum absolute atomic E-state index is 13.8. The lowest BCUT2D eigenvalue weighted by Gasteiger charge is -2.17. The van der Waals surface area contributed by atoms with Gasteiger partial charge in [-0.05, 0) is 24.5 Å². The summed E-state index contributed by atoms with van der Waals surface area (Å²) in [6.45, 7) is 2.98. The molecule has 1 saturated heterocycles. The van der Waals surface area contributed by atoms with Crippen LogP contribution in [-0.4, -0.2) is 32.9 Å². The van der Waals surface area contributed by atoms with Crippen LogP contribution in [0.4, 0.5) is 10.1 Å². The van der Waals surface area contributed by atoms with Crippen LogP contribution in [0.2, 0.25) is 0 Å². The van der Waals surface area contributed by atoms with Gasteiger partial charge in [0.1, 0.15) is 0 Å². The third kappa shape index (κ3) is 2.60. The molecule has 1 aliphatic rings. The van der Waals surface area contributed by atoms with E-state index in [1.54, 1.807) is 0 Å². The molecule has 0 aliphatic carbocycles. The van der Waals surface area contributed by atoms with Gasteiger partial charge in [-0.2, -0.15) is 4.31 Å². The van der Waals surface area contributed by atoms with E-state index in [1.807, 2.05) is 6.92 Å². The maximum Gasteiger partial charge on any atom is 0.243 e. The molecule has 20 heavy (non-hydrogen) atoms. The number of anilines is 1. The molecule has 0 aromatic heterocycles. The quantitative estimate of drug-likeness (QED) is 0.861. The standard InChI is InChI=1S/C13H19FN2O3S/c1-3-9-4-5-16(8-9)20(17,18)10-6-11(14)13(19-2)12(15)7-10/h6-7,9H,3-5,8,15H2,1-2H3. The van der Waals surface area contributed by atoms with Gasteiger partial charge in [-0.25, -0.2) is 12.8 Å². The molecule has 1 unspecified atom stereocenters. The number of nitrogens with zero attached hydrogens (tertiary/aromatic N) is 1. The summed E-state index contributed by atoms with van der Waals surface area (Å²) in [5.41, 5.74) is 5.62. The van der Waals surface area contributed by atoms with Crippen molar-refractivity contribution in [2.24, 2.45) is 5.92 Å². The highest BCUT2D eigenvalue weighted by Crippen LogP contribution is 2.32. The fraction of sp³-hybridized carbons (Fsp3) is 0.538. The molecule has 1 aliphatic heterocycles. The summed E-state index contributed by atoms with van der Waals surface area (Å²) < 4.78 is 44.9. The van der Waals surface area contributed by atoms with E-state index < -0.39 is 15.8 Å². The Bertz CT molecular complexity index is 581. The van der Waals surface area contributed by atoms with Crippen LogP contribution in [0.5, 0.6) is 5.75 Å². The Labute approximate surface area is 118 Å². The lowest BCUT2D eigenvalue weighted by Crippen LogP contribution is -2.29. The van der Waals surface area contributed by atoms with E-state index in [0.29, 0.717) is 19.0 Å². The smallest absolute Gasteiger partial charge is 0.243 e. The predicted molar refractivity (Wildman–Crippen MR) is 74.5 cm³/mol.